The summed E-state index contributed by atoms with van der Waals surface area (Å²) in [6, 6.07) is 12.4. The summed E-state index contributed by atoms with van der Waals surface area (Å²) in [6.07, 6.45) is -1.17. The van der Waals surface area contributed by atoms with Crippen LogP contribution in [0.15, 0.2) is 54.6 Å². The van der Waals surface area contributed by atoms with Crippen LogP contribution >= 0.6 is 11.6 Å². The number of hydrogen-bond acceptors (Lipinski definition) is 2. The molecule has 142 valence electrons. The van der Waals surface area contributed by atoms with E-state index in [4.69, 9.17) is 11.6 Å². The van der Waals surface area contributed by atoms with Crippen molar-refractivity contribution in [1.82, 2.24) is 4.90 Å². The molecular weight excluding hydrogens is 377 g/mol. The average molecular weight is 395 g/mol. The summed E-state index contributed by atoms with van der Waals surface area (Å²) < 4.78 is 38.6. The summed E-state index contributed by atoms with van der Waals surface area (Å²) >= 11 is 5.92. The van der Waals surface area contributed by atoms with Crippen molar-refractivity contribution in [3.63, 3.8) is 0 Å². The fourth-order valence-corrected chi connectivity index (χ4v) is 3.15. The minimum Gasteiger partial charge on any atom is -0.368 e. The molecule has 0 unspecified atom stereocenters. The lowest BCUT2D eigenvalue weighted by Gasteiger charge is -2.35. The number of amides is 1. The average Bonchev–Trinajstić information content (AvgIpc) is 2.66. The van der Waals surface area contributed by atoms with Crippen molar-refractivity contribution >= 4 is 29.3 Å². The van der Waals surface area contributed by atoms with Crippen molar-refractivity contribution < 1.29 is 18.0 Å². The minimum atomic E-state index is -4.36. The third kappa shape index (κ3) is 5.04. The lowest BCUT2D eigenvalue weighted by Crippen LogP contribution is -2.48. The van der Waals surface area contributed by atoms with Gasteiger partial charge in [0.15, 0.2) is 0 Å². The van der Waals surface area contributed by atoms with E-state index in [1.165, 1.54) is 12.1 Å². The molecule has 27 heavy (non-hydrogen) atoms. The second-order valence-electron chi connectivity index (χ2n) is 6.25. The normalized spacial score (nSPS) is 15.4. The fraction of sp³-hybridized carbons (Fsp3) is 0.250. The van der Waals surface area contributed by atoms with Gasteiger partial charge in [0.2, 0.25) is 5.91 Å². The molecule has 3 nitrogen and oxygen atoms in total. The van der Waals surface area contributed by atoms with Crippen molar-refractivity contribution in [2.24, 2.45) is 0 Å². The molecule has 3 rings (SSSR count). The van der Waals surface area contributed by atoms with Gasteiger partial charge in [0.25, 0.3) is 0 Å². The zero-order valence-corrected chi connectivity index (χ0v) is 15.2. The van der Waals surface area contributed by atoms with Gasteiger partial charge in [-0.05, 0) is 42.0 Å². The number of alkyl halides is 3. The van der Waals surface area contributed by atoms with Gasteiger partial charge in [0.1, 0.15) is 0 Å². The van der Waals surface area contributed by atoms with Gasteiger partial charge in [0, 0.05) is 43.0 Å². The van der Waals surface area contributed by atoms with Crippen molar-refractivity contribution in [2.75, 3.05) is 31.1 Å². The summed E-state index contributed by atoms with van der Waals surface area (Å²) in [5, 5.41) is 0.597. The summed E-state index contributed by atoms with van der Waals surface area (Å²) in [6.45, 7) is 1.88. The first kappa shape index (κ1) is 19.3. The molecule has 0 N–H and O–H groups in total. The van der Waals surface area contributed by atoms with Crippen LogP contribution in [0.25, 0.3) is 6.08 Å². The molecule has 1 aliphatic rings. The number of anilines is 1. The Morgan fingerprint density at radius 2 is 1.70 bits per heavy atom. The first-order chi connectivity index (χ1) is 12.8. The number of nitrogens with zero attached hydrogens (tertiary/aromatic N) is 2. The van der Waals surface area contributed by atoms with Crippen LogP contribution in [0, 0.1) is 0 Å². The Morgan fingerprint density at radius 1 is 1.00 bits per heavy atom. The quantitative estimate of drug-likeness (QED) is 0.703. The van der Waals surface area contributed by atoms with E-state index in [1.54, 1.807) is 35.2 Å². The van der Waals surface area contributed by atoms with Crippen LogP contribution in [0.3, 0.4) is 0 Å². The second kappa shape index (κ2) is 8.05. The highest BCUT2D eigenvalue weighted by molar-refractivity contribution is 6.30. The van der Waals surface area contributed by atoms with Crippen LogP contribution in [-0.4, -0.2) is 37.0 Å². The molecule has 1 saturated heterocycles. The van der Waals surface area contributed by atoms with E-state index in [2.05, 4.69) is 0 Å². The van der Waals surface area contributed by atoms with E-state index >= 15 is 0 Å². The molecule has 1 amide bonds. The van der Waals surface area contributed by atoms with Gasteiger partial charge in [-0.2, -0.15) is 13.2 Å². The van der Waals surface area contributed by atoms with Gasteiger partial charge < -0.3 is 9.80 Å². The molecule has 0 bridgehead atoms. The minimum absolute atomic E-state index is 0.126. The number of halogens is 4. The molecular formula is C20H18ClF3N2O. The Morgan fingerprint density at radius 3 is 2.37 bits per heavy atom. The van der Waals surface area contributed by atoms with Crippen LogP contribution in [0.1, 0.15) is 11.1 Å². The molecule has 1 aliphatic heterocycles. The largest absolute Gasteiger partial charge is 0.416 e. The molecule has 0 aliphatic carbocycles. The summed E-state index contributed by atoms with van der Waals surface area (Å²) in [5.41, 5.74) is 0.688. The van der Waals surface area contributed by atoms with Crippen LogP contribution < -0.4 is 4.90 Å². The molecule has 0 saturated carbocycles. The number of carbonyl (C=O) groups is 1. The summed E-state index contributed by atoms with van der Waals surface area (Å²) in [5.74, 6) is -0.126. The fourth-order valence-electron chi connectivity index (χ4n) is 2.95. The molecule has 2 aromatic carbocycles. The second-order valence-corrected chi connectivity index (χ2v) is 6.69. The van der Waals surface area contributed by atoms with E-state index in [0.29, 0.717) is 36.9 Å². The van der Waals surface area contributed by atoms with Gasteiger partial charge in [-0.1, -0.05) is 29.8 Å². The SMILES string of the molecule is O=C(/C=C/c1cccc(Cl)c1)N1CCN(c2cccc(C(F)(F)F)c2)CC1. The predicted molar refractivity (Wildman–Crippen MR) is 101 cm³/mol. The van der Waals surface area contributed by atoms with E-state index in [0.717, 1.165) is 17.7 Å². The Labute approximate surface area is 160 Å². The van der Waals surface area contributed by atoms with E-state index in [-0.39, 0.29) is 5.91 Å². The highest BCUT2D eigenvalue weighted by Crippen LogP contribution is 2.31. The number of piperazine rings is 1. The van der Waals surface area contributed by atoms with Crippen LogP contribution in [-0.2, 0) is 11.0 Å². The van der Waals surface area contributed by atoms with Crippen LogP contribution in [0.4, 0.5) is 18.9 Å². The van der Waals surface area contributed by atoms with Gasteiger partial charge in [0.05, 0.1) is 5.56 Å². The van der Waals surface area contributed by atoms with Gasteiger partial charge in [-0.15, -0.1) is 0 Å². The lowest BCUT2D eigenvalue weighted by molar-refractivity contribution is -0.137. The predicted octanol–water partition coefficient (Wildman–Crippen LogP) is 4.72. The molecule has 1 heterocycles. The van der Waals surface area contributed by atoms with Crippen molar-refractivity contribution in [1.29, 1.82) is 0 Å². The third-order valence-electron chi connectivity index (χ3n) is 4.40. The van der Waals surface area contributed by atoms with Gasteiger partial charge in [-0.25, -0.2) is 0 Å². The maximum atomic E-state index is 12.9. The monoisotopic (exact) mass is 394 g/mol. The topological polar surface area (TPSA) is 23.6 Å². The zero-order valence-electron chi connectivity index (χ0n) is 14.4. The molecule has 1 fully saturated rings. The van der Waals surface area contributed by atoms with Crippen molar-refractivity contribution in [3.8, 4) is 0 Å². The van der Waals surface area contributed by atoms with Crippen molar-refractivity contribution in [3.05, 3.63) is 70.8 Å². The van der Waals surface area contributed by atoms with Crippen LogP contribution in [0.2, 0.25) is 5.02 Å². The molecule has 0 radical (unpaired) electrons. The van der Waals surface area contributed by atoms with E-state index in [1.807, 2.05) is 11.0 Å². The first-order valence-corrected chi connectivity index (χ1v) is 8.85. The molecule has 0 spiro atoms. The van der Waals surface area contributed by atoms with Gasteiger partial charge in [-0.3, -0.25) is 4.79 Å². The van der Waals surface area contributed by atoms with E-state index < -0.39 is 11.7 Å². The standard InChI is InChI=1S/C20H18ClF3N2O/c21-17-5-1-3-15(13-17)7-8-19(27)26-11-9-25(10-12-26)18-6-2-4-16(14-18)20(22,23)24/h1-8,13-14H,9-12H2/b8-7+. The maximum Gasteiger partial charge on any atom is 0.416 e. The summed E-state index contributed by atoms with van der Waals surface area (Å²) in [7, 11) is 0. The molecule has 0 aromatic heterocycles. The lowest BCUT2D eigenvalue weighted by atomic mass is 10.1. The Kier molecular flexibility index (Phi) is 5.75. The third-order valence-corrected chi connectivity index (χ3v) is 4.63. The van der Waals surface area contributed by atoms with Crippen molar-refractivity contribution in [2.45, 2.75) is 6.18 Å². The number of rotatable bonds is 3. The molecule has 7 heteroatoms. The Bertz CT molecular complexity index is 843. The highest BCUT2D eigenvalue weighted by Gasteiger charge is 2.31. The number of carbonyl (C=O) groups excluding carboxylic acids is 1. The highest BCUT2D eigenvalue weighted by atomic mass is 35.5. The smallest absolute Gasteiger partial charge is 0.368 e. The van der Waals surface area contributed by atoms with Crippen LogP contribution in [0.5, 0.6) is 0 Å². The Hall–Kier alpha value is -2.47. The molecule has 0 atom stereocenters. The first-order valence-electron chi connectivity index (χ1n) is 8.48. The number of benzene rings is 2. The Balaban J connectivity index is 1.59. The van der Waals surface area contributed by atoms with Gasteiger partial charge >= 0.3 is 6.18 Å². The maximum absolute atomic E-state index is 12.9. The zero-order chi connectivity index (χ0) is 19.4. The summed E-state index contributed by atoms with van der Waals surface area (Å²) in [4.78, 5) is 15.9. The van der Waals surface area contributed by atoms with E-state index in [9.17, 15) is 18.0 Å². The number of hydrogen-bond donors (Lipinski definition) is 0. The molecule has 2 aromatic rings.